The molecule has 2 aromatic carbocycles. The van der Waals surface area contributed by atoms with E-state index in [0.29, 0.717) is 28.0 Å². The third-order valence-electron chi connectivity index (χ3n) is 6.85. The molecule has 38 heavy (non-hydrogen) atoms. The maximum atomic E-state index is 14.4. The van der Waals surface area contributed by atoms with Crippen LogP contribution in [0.1, 0.15) is 43.6 Å². The monoisotopic (exact) mass is 536 g/mol. The number of anilines is 1. The zero-order valence-electron chi connectivity index (χ0n) is 21.4. The van der Waals surface area contributed by atoms with Gasteiger partial charge in [-0.25, -0.2) is 26.9 Å². The number of hydrogen-bond acceptors (Lipinski definition) is 5. The summed E-state index contributed by atoms with van der Waals surface area (Å²) in [4.78, 5) is 9.18. The molecule has 6 nitrogen and oxygen atoms in total. The van der Waals surface area contributed by atoms with Gasteiger partial charge in [-0.15, -0.1) is 0 Å². The molecule has 0 aliphatic heterocycles. The zero-order chi connectivity index (χ0) is 27.1. The summed E-state index contributed by atoms with van der Waals surface area (Å²) < 4.78 is 57.3. The highest BCUT2D eigenvalue weighted by atomic mass is 32.2. The van der Waals surface area contributed by atoms with Gasteiger partial charge in [0, 0.05) is 23.0 Å². The summed E-state index contributed by atoms with van der Waals surface area (Å²) >= 11 is 0. The van der Waals surface area contributed by atoms with Gasteiger partial charge in [0.2, 0.25) is 10.0 Å². The molecular weight excluding hydrogens is 506 g/mol. The predicted octanol–water partition coefficient (Wildman–Crippen LogP) is 5.87. The Hall–Kier alpha value is -3.43. The fraction of sp³-hybridized carbons (Fsp3) is 0.310. The van der Waals surface area contributed by atoms with Crippen LogP contribution in [0.5, 0.6) is 0 Å². The minimum absolute atomic E-state index is 0.0706. The van der Waals surface area contributed by atoms with E-state index in [1.165, 1.54) is 6.07 Å². The summed E-state index contributed by atoms with van der Waals surface area (Å²) in [5, 5.41) is 3.65. The van der Waals surface area contributed by atoms with Crippen LogP contribution in [0.4, 0.5) is 14.6 Å². The van der Waals surface area contributed by atoms with E-state index in [0.717, 1.165) is 5.69 Å². The van der Waals surface area contributed by atoms with Crippen LogP contribution in [0, 0.1) is 5.92 Å². The van der Waals surface area contributed by atoms with Gasteiger partial charge in [0.1, 0.15) is 5.82 Å². The van der Waals surface area contributed by atoms with E-state index >= 15 is 0 Å². The van der Waals surface area contributed by atoms with Gasteiger partial charge in [-0.3, -0.25) is 4.98 Å². The number of benzene rings is 2. The number of pyridine rings is 2. The summed E-state index contributed by atoms with van der Waals surface area (Å²) in [6.07, 6.45) is 0. The Morgan fingerprint density at radius 3 is 2.42 bits per heavy atom. The van der Waals surface area contributed by atoms with Crippen LogP contribution < -0.4 is 10.0 Å². The van der Waals surface area contributed by atoms with Gasteiger partial charge in [0.15, 0.2) is 0 Å². The Bertz CT molecular complexity index is 1570. The molecule has 2 N–H and O–H groups in total. The molecule has 1 aliphatic carbocycles. The quantitative estimate of drug-likeness (QED) is 0.294. The standard InChI is InChI=1S/C29H30F2N4O2S/c1-28(2,3)25-11-7-10-21(34-25)17-33-38(36,37)22-13-14-24-20(16-22)12-15-26(35-24)32-18-23-27(29(23,30)31)19-8-5-4-6-9-19/h4-16,23,27,33H,17-18H2,1-3H3,(H,32,35)/t23-,27-/m1/s1. The number of nitrogens with zero attached hydrogens (tertiary/aromatic N) is 2. The van der Waals surface area contributed by atoms with Crippen molar-refractivity contribution in [2.75, 3.05) is 11.9 Å². The topological polar surface area (TPSA) is 84.0 Å². The molecule has 0 radical (unpaired) electrons. The Labute approximate surface area is 221 Å². The lowest BCUT2D eigenvalue weighted by Crippen LogP contribution is -2.24. The van der Waals surface area contributed by atoms with E-state index in [9.17, 15) is 17.2 Å². The Balaban J connectivity index is 1.25. The van der Waals surface area contributed by atoms with Gasteiger partial charge in [0.25, 0.3) is 5.92 Å². The first-order valence-electron chi connectivity index (χ1n) is 12.5. The molecule has 4 aromatic rings. The van der Waals surface area contributed by atoms with Crippen molar-refractivity contribution in [3.05, 3.63) is 95.8 Å². The summed E-state index contributed by atoms with van der Waals surface area (Å²) in [6, 6.07) is 22.5. The second-order valence-corrected chi connectivity index (χ2v) is 12.5. The predicted molar refractivity (Wildman–Crippen MR) is 145 cm³/mol. The third kappa shape index (κ3) is 5.39. The molecule has 0 saturated heterocycles. The Morgan fingerprint density at radius 1 is 0.921 bits per heavy atom. The van der Waals surface area contributed by atoms with Gasteiger partial charge in [-0.1, -0.05) is 57.2 Å². The molecule has 2 heterocycles. The van der Waals surface area contributed by atoms with Crippen LogP contribution in [-0.2, 0) is 22.0 Å². The number of sulfonamides is 1. The number of rotatable bonds is 8. The number of nitrogens with one attached hydrogen (secondary N) is 2. The maximum absolute atomic E-state index is 14.4. The lowest BCUT2D eigenvalue weighted by atomic mass is 9.91. The Kier molecular flexibility index (Phi) is 6.69. The normalized spacial score (nSPS) is 18.9. The first-order chi connectivity index (χ1) is 17.9. The van der Waals surface area contributed by atoms with E-state index in [1.54, 1.807) is 54.6 Å². The van der Waals surface area contributed by atoms with E-state index in [4.69, 9.17) is 0 Å². The Morgan fingerprint density at radius 2 is 1.68 bits per heavy atom. The molecule has 0 bridgehead atoms. The van der Waals surface area contributed by atoms with Gasteiger partial charge in [0.05, 0.1) is 34.5 Å². The first-order valence-corrected chi connectivity index (χ1v) is 14.0. The zero-order valence-corrected chi connectivity index (χ0v) is 22.3. The molecular formula is C29H30F2N4O2S. The van der Waals surface area contributed by atoms with Crippen LogP contribution >= 0.6 is 0 Å². The van der Waals surface area contributed by atoms with Crippen molar-refractivity contribution in [1.29, 1.82) is 0 Å². The molecule has 0 amide bonds. The van der Waals surface area contributed by atoms with Crippen molar-refractivity contribution in [2.45, 2.75) is 49.5 Å². The minimum Gasteiger partial charge on any atom is -0.370 e. The maximum Gasteiger partial charge on any atom is 0.260 e. The molecule has 1 fully saturated rings. The molecule has 5 rings (SSSR count). The van der Waals surface area contributed by atoms with Crippen LogP contribution in [-0.4, -0.2) is 30.9 Å². The summed E-state index contributed by atoms with van der Waals surface area (Å²) in [6.45, 7) is 6.31. The van der Waals surface area contributed by atoms with Crippen LogP contribution in [0.15, 0.2) is 83.8 Å². The van der Waals surface area contributed by atoms with Crippen molar-refractivity contribution in [2.24, 2.45) is 5.92 Å². The molecule has 9 heteroatoms. The van der Waals surface area contributed by atoms with E-state index in [-0.39, 0.29) is 23.4 Å². The number of fused-ring (bicyclic) bond motifs is 1. The third-order valence-corrected chi connectivity index (χ3v) is 8.25. The smallest absolute Gasteiger partial charge is 0.260 e. The average molecular weight is 537 g/mol. The van der Waals surface area contributed by atoms with Gasteiger partial charge < -0.3 is 5.32 Å². The largest absolute Gasteiger partial charge is 0.370 e. The fourth-order valence-electron chi connectivity index (χ4n) is 4.59. The molecule has 1 aliphatic rings. The van der Waals surface area contributed by atoms with E-state index in [1.807, 2.05) is 18.2 Å². The lowest BCUT2D eigenvalue weighted by molar-refractivity contribution is 0.0954. The SMILES string of the molecule is CC(C)(C)c1cccc(CNS(=O)(=O)c2ccc3nc(NC[C@@H]4[C@@H](c5ccccc5)C4(F)F)ccc3c2)n1. The number of hydrogen-bond donors (Lipinski definition) is 2. The number of alkyl halides is 2. The average Bonchev–Trinajstić information content (AvgIpc) is 3.45. The highest BCUT2D eigenvalue weighted by molar-refractivity contribution is 7.89. The van der Waals surface area contributed by atoms with Crippen molar-refractivity contribution in [3.63, 3.8) is 0 Å². The van der Waals surface area contributed by atoms with Gasteiger partial charge in [-0.2, -0.15) is 0 Å². The molecule has 0 unspecified atom stereocenters. The molecule has 198 valence electrons. The molecule has 2 aromatic heterocycles. The van der Waals surface area contributed by atoms with Crippen LogP contribution in [0.25, 0.3) is 10.9 Å². The molecule has 2 atom stereocenters. The van der Waals surface area contributed by atoms with E-state index in [2.05, 4.69) is 40.8 Å². The summed E-state index contributed by atoms with van der Waals surface area (Å²) in [7, 11) is -3.78. The van der Waals surface area contributed by atoms with Crippen molar-refractivity contribution < 1.29 is 17.2 Å². The lowest BCUT2D eigenvalue weighted by Gasteiger charge is -2.18. The van der Waals surface area contributed by atoms with E-state index < -0.39 is 27.8 Å². The summed E-state index contributed by atoms with van der Waals surface area (Å²) in [5.74, 6) is -3.90. The number of halogens is 2. The number of aromatic nitrogens is 2. The van der Waals surface area contributed by atoms with Crippen LogP contribution in [0.2, 0.25) is 0 Å². The van der Waals surface area contributed by atoms with Gasteiger partial charge in [-0.05, 0) is 48.0 Å². The fourth-order valence-corrected chi connectivity index (χ4v) is 5.62. The highest BCUT2D eigenvalue weighted by Gasteiger charge is 2.68. The van der Waals surface area contributed by atoms with Crippen molar-refractivity contribution in [3.8, 4) is 0 Å². The first kappa shape index (κ1) is 26.2. The summed E-state index contributed by atoms with van der Waals surface area (Å²) in [5.41, 5.74) is 2.58. The highest BCUT2D eigenvalue weighted by Crippen LogP contribution is 2.61. The molecule has 1 saturated carbocycles. The van der Waals surface area contributed by atoms with Crippen LogP contribution in [0.3, 0.4) is 0 Å². The minimum atomic E-state index is -3.78. The second kappa shape index (κ2) is 9.71. The van der Waals surface area contributed by atoms with Crippen molar-refractivity contribution in [1.82, 2.24) is 14.7 Å². The van der Waals surface area contributed by atoms with Gasteiger partial charge >= 0.3 is 0 Å². The van der Waals surface area contributed by atoms with Crippen molar-refractivity contribution >= 4 is 26.7 Å². The molecule has 0 spiro atoms. The second-order valence-electron chi connectivity index (χ2n) is 10.7.